The lowest BCUT2D eigenvalue weighted by Crippen LogP contribution is -2.22. The SMILES string of the molecule is CCCCCCOc1ccc(Br)cc1C(=O)Nc1ccc(N(C)C(C)=O)cc1. The van der Waals surface area contributed by atoms with Crippen molar-refractivity contribution in [1.82, 2.24) is 0 Å². The third kappa shape index (κ3) is 6.37. The maximum absolute atomic E-state index is 12.8. The van der Waals surface area contributed by atoms with Gasteiger partial charge in [-0.3, -0.25) is 9.59 Å². The number of halogens is 1. The third-order valence-electron chi connectivity index (χ3n) is 4.43. The minimum absolute atomic E-state index is 0.0494. The number of amides is 2. The second-order valence-electron chi connectivity index (χ2n) is 6.63. The van der Waals surface area contributed by atoms with Gasteiger partial charge in [-0.15, -0.1) is 0 Å². The van der Waals surface area contributed by atoms with Crippen molar-refractivity contribution in [1.29, 1.82) is 0 Å². The average Bonchev–Trinajstić information content (AvgIpc) is 2.68. The van der Waals surface area contributed by atoms with Gasteiger partial charge in [0, 0.05) is 29.8 Å². The number of carbonyl (C=O) groups excluding carboxylic acids is 2. The molecule has 150 valence electrons. The van der Waals surface area contributed by atoms with Crippen molar-refractivity contribution in [2.75, 3.05) is 23.9 Å². The summed E-state index contributed by atoms with van der Waals surface area (Å²) in [6.07, 6.45) is 4.45. The highest BCUT2D eigenvalue weighted by atomic mass is 79.9. The maximum atomic E-state index is 12.8. The van der Waals surface area contributed by atoms with Crippen molar-refractivity contribution in [3.05, 3.63) is 52.5 Å². The summed E-state index contributed by atoms with van der Waals surface area (Å²) in [6, 6.07) is 12.6. The highest BCUT2D eigenvalue weighted by molar-refractivity contribution is 9.10. The van der Waals surface area contributed by atoms with Crippen LogP contribution in [0.5, 0.6) is 5.75 Å². The van der Waals surface area contributed by atoms with Crippen LogP contribution >= 0.6 is 15.9 Å². The van der Waals surface area contributed by atoms with E-state index < -0.39 is 0 Å². The molecule has 2 amide bonds. The summed E-state index contributed by atoms with van der Waals surface area (Å²) in [5.74, 6) is 0.286. The van der Waals surface area contributed by atoms with Crippen molar-refractivity contribution in [3.63, 3.8) is 0 Å². The zero-order valence-electron chi connectivity index (χ0n) is 16.6. The number of unbranched alkanes of at least 4 members (excludes halogenated alkanes) is 3. The first kappa shape index (κ1) is 22.0. The fraction of sp³-hybridized carbons (Fsp3) is 0.364. The van der Waals surface area contributed by atoms with E-state index in [-0.39, 0.29) is 11.8 Å². The summed E-state index contributed by atoms with van der Waals surface area (Å²) in [7, 11) is 1.71. The fourth-order valence-electron chi connectivity index (χ4n) is 2.67. The Morgan fingerprint density at radius 2 is 1.79 bits per heavy atom. The van der Waals surface area contributed by atoms with Gasteiger partial charge in [0.25, 0.3) is 5.91 Å². The van der Waals surface area contributed by atoms with Gasteiger partial charge in [-0.05, 0) is 48.9 Å². The summed E-state index contributed by atoms with van der Waals surface area (Å²) in [6.45, 7) is 4.27. The number of ether oxygens (including phenoxy) is 1. The summed E-state index contributed by atoms with van der Waals surface area (Å²) >= 11 is 3.42. The van der Waals surface area contributed by atoms with Crippen LogP contribution in [0.3, 0.4) is 0 Å². The first-order valence-corrected chi connectivity index (χ1v) is 10.3. The quantitative estimate of drug-likeness (QED) is 0.506. The molecule has 2 aromatic rings. The number of hydrogen-bond donors (Lipinski definition) is 1. The van der Waals surface area contributed by atoms with E-state index >= 15 is 0 Å². The molecule has 0 radical (unpaired) electrons. The van der Waals surface area contributed by atoms with Gasteiger partial charge >= 0.3 is 0 Å². The van der Waals surface area contributed by atoms with Crippen molar-refractivity contribution in [3.8, 4) is 5.75 Å². The molecular weight excluding hydrogens is 420 g/mol. The number of anilines is 2. The molecule has 2 rings (SSSR count). The molecule has 0 aromatic heterocycles. The molecule has 5 nitrogen and oxygen atoms in total. The van der Waals surface area contributed by atoms with E-state index in [9.17, 15) is 9.59 Å². The lowest BCUT2D eigenvalue weighted by atomic mass is 10.1. The van der Waals surface area contributed by atoms with E-state index in [0.717, 1.165) is 23.0 Å². The van der Waals surface area contributed by atoms with E-state index in [0.29, 0.717) is 23.6 Å². The second-order valence-corrected chi connectivity index (χ2v) is 7.54. The fourth-order valence-corrected chi connectivity index (χ4v) is 3.03. The number of hydrogen-bond acceptors (Lipinski definition) is 3. The first-order chi connectivity index (χ1) is 13.4. The largest absolute Gasteiger partial charge is 0.493 e. The molecule has 0 spiro atoms. The molecule has 0 aliphatic heterocycles. The molecule has 6 heteroatoms. The number of benzene rings is 2. The summed E-state index contributed by atoms with van der Waals surface area (Å²) in [5, 5.41) is 2.89. The van der Waals surface area contributed by atoms with Crippen molar-refractivity contribution >= 4 is 39.1 Å². The Bertz CT molecular complexity index is 806. The van der Waals surface area contributed by atoms with Crippen LogP contribution in [0.4, 0.5) is 11.4 Å². The van der Waals surface area contributed by atoms with Crippen molar-refractivity contribution in [2.45, 2.75) is 39.5 Å². The Hall–Kier alpha value is -2.34. The Balaban J connectivity index is 2.06. The molecule has 0 bridgehead atoms. The number of carbonyl (C=O) groups is 2. The monoisotopic (exact) mass is 446 g/mol. The number of nitrogens with zero attached hydrogens (tertiary/aromatic N) is 1. The molecular formula is C22H27BrN2O3. The third-order valence-corrected chi connectivity index (χ3v) is 4.92. The summed E-state index contributed by atoms with van der Waals surface area (Å²) < 4.78 is 6.66. The van der Waals surface area contributed by atoms with Crippen LogP contribution in [0.25, 0.3) is 0 Å². The van der Waals surface area contributed by atoms with Crippen LogP contribution in [-0.2, 0) is 4.79 Å². The van der Waals surface area contributed by atoms with E-state index in [1.165, 1.54) is 19.8 Å². The zero-order chi connectivity index (χ0) is 20.5. The topological polar surface area (TPSA) is 58.6 Å². The van der Waals surface area contributed by atoms with Crippen LogP contribution in [0.2, 0.25) is 0 Å². The van der Waals surface area contributed by atoms with Gasteiger partial charge < -0.3 is 15.0 Å². The van der Waals surface area contributed by atoms with Gasteiger partial charge in [-0.2, -0.15) is 0 Å². The smallest absolute Gasteiger partial charge is 0.259 e. The first-order valence-electron chi connectivity index (χ1n) is 9.50. The van der Waals surface area contributed by atoms with E-state index in [1.807, 2.05) is 12.1 Å². The van der Waals surface area contributed by atoms with Crippen molar-refractivity contribution in [2.24, 2.45) is 0 Å². The van der Waals surface area contributed by atoms with E-state index in [4.69, 9.17) is 4.74 Å². The molecule has 0 atom stereocenters. The molecule has 28 heavy (non-hydrogen) atoms. The second kappa shape index (κ2) is 10.9. The summed E-state index contributed by atoms with van der Waals surface area (Å²) in [5.41, 5.74) is 1.90. The van der Waals surface area contributed by atoms with Gasteiger partial charge in [0.05, 0.1) is 12.2 Å². The number of rotatable bonds is 9. The molecule has 0 saturated heterocycles. The minimum atomic E-state index is -0.238. The van der Waals surface area contributed by atoms with Crippen LogP contribution in [0.1, 0.15) is 49.9 Å². The van der Waals surface area contributed by atoms with Gasteiger partial charge in [0.15, 0.2) is 0 Å². The molecule has 0 saturated carbocycles. The lowest BCUT2D eigenvalue weighted by molar-refractivity contribution is -0.116. The van der Waals surface area contributed by atoms with Crippen LogP contribution in [-0.4, -0.2) is 25.5 Å². The standard InChI is InChI=1S/C22H27BrN2O3/c1-4-5-6-7-14-28-21-13-8-17(23)15-20(21)22(27)24-18-9-11-19(12-10-18)25(3)16(2)26/h8-13,15H,4-7,14H2,1-3H3,(H,24,27). The molecule has 1 N–H and O–H groups in total. The zero-order valence-corrected chi connectivity index (χ0v) is 18.2. The van der Waals surface area contributed by atoms with Crippen LogP contribution in [0.15, 0.2) is 46.9 Å². The predicted molar refractivity (Wildman–Crippen MR) is 117 cm³/mol. The maximum Gasteiger partial charge on any atom is 0.259 e. The van der Waals surface area contributed by atoms with Gasteiger partial charge in [0.1, 0.15) is 5.75 Å². The molecule has 0 aliphatic rings. The molecule has 0 fully saturated rings. The summed E-state index contributed by atoms with van der Waals surface area (Å²) in [4.78, 5) is 25.8. The predicted octanol–water partition coefficient (Wildman–Crippen LogP) is 5.64. The molecule has 0 heterocycles. The van der Waals surface area contributed by atoms with Gasteiger partial charge in [0.2, 0.25) is 5.91 Å². The number of nitrogens with one attached hydrogen (secondary N) is 1. The molecule has 0 unspecified atom stereocenters. The normalized spacial score (nSPS) is 10.4. The van der Waals surface area contributed by atoms with Crippen molar-refractivity contribution < 1.29 is 14.3 Å². The Morgan fingerprint density at radius 3 is 2.43 bits per heavy atom. The van der Waals surface area contributed by atoms with E-state index in [1.54, 1.807) is 42.3 Å². The highest BCUT2D eigenvalue weighted by Gasteiger charge is 2.14. The Labute approximate surface area is 175 Å². The van der Waals surface area contributed by atoms with E-state index in [2.05, 4.69) is 28.2 Å². The van der Waals surface area contributed by atoms with Gasteiger partial charge in [-0.1, -0.05) is 42.1 Å². The average molecular weight is 447 g/mol. The highest BCUT2D eigenvalue weighted by Crippen LogP contribution is 2.25. The molecule has 0 aliphatic carbocycles. The molecule has 2 aromatic carbocycles. The van der Waals surface area contributed by atoms with Crippen LogP contribution < -0.4 is 15.0 Å². The Morgan fingerprint density at radius 1 is 1.07 bits per heavy atom. The lowest BCUT2D eigenvalue weighted by Gasteiger charge is -2.16. The Kier molecular flexibility index (Phi) is 8.51. The van der Waals surface area contributed by atoms with Crippen LogP contribution in [0, 0.1) is 0 Å². The minimum Gasteiger partial charge on any atom is -0.493 e. The van der Waals surface area contributed by atoms with Gasteiger partial charge in [-0.25, -0.2) is 0 Å².